The average molecular weight is 744 g/mol. The van der Waals surface area contributed by atoms with E-state index < -0.39 is 109 Å². The molecule has 2 atom stereocenters. The van der Waals surface area contributed by atoms with Crippen LogP contribution >= 0.6 is 0 Å². The molecule has 0 aromatic carbocycles. The fraction of sp³-hybridized carbons (Fsp3) is 0.778. The molecular formula is C18H8F24O4. The van der Waals surface area contributed by atoms with E-state index in [4.69, 9.17) is 0 Å². The lowest BCUT2D eigenvalue weighted by atomic mass is 9.97. The Kier molecular flexibility index (Phi) is 11.7. The largest absolute Gasteiger partial charge is 0.473 e. The molecule has 0 aromatic rings. The smallest absolute Gasteiger partial charge is 0.393 e. The van der Waals surface area contributed by atoms with Gasteiger partial charge in [0.15, 0.2) is 12.3 Å². The van der Waals surface area contributed by atoms with Gasteiger partial charge in [-0.1, -0.05) is 0 Å². The van der Waals surface area contributed by atoms with Crippen LogP contribution in [0.25, 0.3) is 0 Å². The fourth-order valence-corrected chi connectivity index (χ4v) is 2.43. The number of halogens is 24. The number of ether oxygens (including phenoxy) is 2. The minimum absolute atomic E-state index is 1.34. The second kappa shape index (κ2) is 12.6. The van der Waals surface area contributed by atoms with Crippen molar-refractivity contribution in [3.63, 3.8) is 0 Å². The van der Waals surface area contributed by atoms with Crippen molar-refractivity contribution in [3.05, 3.63) is 12.2 Å². The highest BCUT2D eigenvalue weighted by atomic mass is 19.4. The molecule has 0 aliphatic heterocycles. The van der Waals surface area contributed by atoms with E-state index in [9.17, 15) is 115 Å². The van der Waals surface area contributed by atoms with E-state index in [1.165, 1.54) is 0 Å². The lowest BCUT2D eigenvalue weighted by Crippen LogP contribution is -2.66. The molecule has 0 N–H and O–H groups in total. The molecule has 0 saturated heterocycles. The van der Waals surface area contributed by atoms with Gasteiger partial charge in [-0.15, -0.1) is 0 Å². The summed E-state index contributed by atoms with van der Waals surface area (Å²) < 4.78 is 317. The Bertz CT molecular complexity index is 1030. The molecule has 0 radical (unpaired) electrons. The minimum atomic E-state index is -7.89. The maximum absolute atomic E-state index is 13.5. The number of alkyl halides is 24. The molecule has 4 nitrogen and oxygen atoms in total. The maximum atomic E-state index is 13.5. The average Bonchev–Trinajstić information content (AvgIpc) is 2.79. The normalized spacial score (nSPS) is 16.8. The van der Waals surface area contributed by atoms with Crippen molar-refractivity contribution < 1.29 is 124 Å². The fourth-order valence-electron chi connectivity index (χ4n) is 2.43. The third kappa shape index (κ3) is 8.47. The third-order valence-corrected chi connectivity index (χ3v) is 4.78. The molecule has 0 aliphatic carbocycles. The summed E-state index contributed by atoms with van der Waals surface area (Å²) in [4.78, 5) is 22.2. The summed E-state index contributed by atoms with van der Waals surface area (Å²) in [7, 11) is 0. The van der Waals surface area contributed by atoms with Crippen LogP contribution < -0.4 is 0 Å². The standard InChI is InChI=1S/C18H8F24O4/c19-5(3-9(21,22)23)11(27,28)13(31,32)15(35,36)17(39,40)45-7(43)1-2-8(44)46-18(41,42)16(37,38)14(33,34)12(29,30)6(20)4-10(24,25)26/h1-2,5-6H,3-4H2. The van der Waals surface area contributed by atoms with Crippen molar-refractivity contribution in [2.45, 2.75) is 85.3 Å². The molecule has 46 heavy (non-hydrogen) atoms. The second-order valence-electron chi connectivity index (χ2n) is 8.33. The molecule has 0 amide bonds. The van der Waals surface area contributed by atoms with Crippen LogP contribution in [0.5, 0.6) is 0 Å². The van der Waals surface area contributed by atoms with Gasteiger partial charge < -0.3 is 9.47 Å². The van der Waals surface area contributed by atoms with Crippen molar-refractivity contribution in [3.8, 4) is 0 Å². The lowest BCUT2D eigenvalue weighted by Gasteiger charge is -2.37. The zero-order valence-corrected chi connectivity index (χ0v) is 20.4. The van der Waals surface area contributed by atoms with Crippen LogP contribution in [0, 0.1) is 0 Å². The summed E-state index contributed by atoms with van der Waals surface area (Å²) in [5, 5.41) is 0. The maximum Gasteiger partial charge on any atom is 0.473 e. The van der Waals surface area contributed by atoms with E-state index in [0.717, 1.165) is 0 Å². The van der Waals surface area contributed by atoms with Crippen LogP contribution in [0.2, 0.25) is 0 Å². The highest BCUT2D eigenvalue weighted by molar-refractivity contribution is 5.91. The zero-order chi connectivity index (χ0) is 37.6. The summed E-state index contributed by atoms with van der Waals surface area (Å²) in [6, 6.07) is 0. The van der Waals surface area contributed by atoms with Gasteiger partial charge in [-0.25, -0.2) is 18.4 Å². The molecule has 0 rings (SSSR count). The molecule has 2 unspecified atom stereocenters. The van der Waals surface area contributed by atoms with Gasteiger partial charge in [0.1, 0.15) is 0 Å². The molecule has 0 bridgehead atoms. The number of esters is 2. The second-order valence-corrected chi connectivity index (χ2v) is 8.33. The van der Waals surface area contributed by atoms with E-state index >= 15 is 0 Å². The summed E-state index contributed by atoms with van der Waals surface area (Å²) >= 11 is 0. The van der Waals surface area contributed by atoms with E-state index in [0.29, 0.717) is 0 Å². The molecule has 0 aliphatic rings. The first-order chi connectivity index (χ1) is 19.8. The predicted octanol–water partition coefficient (Wildman–Crippen LogP) is 8.21. The zero-order valence-electron chi connectivity index (χ0n) is 20.4. The lowest BCUT2D eigenvalue weighted by molar-refractivity contribution is -0.423. The quantitative estimate of drug-likeness (QED) is 0.102. The van der Waals surface area contributed by atoms with Gasteiger partial charge in [-0.3, -0.25) is 0 Å². The highest BCUT2D eigenvalue weighted by Gasteiger charge is 2.86. The Morgan fingerprint density at radius 2 is 0.652 bits per heavy atom. The van der Waals surface area contributed by atoms with Gasteiger partial charge >= 0.3 is 72.0 Å². The SMILES string of the molecule is O=C(C=CC(=O)OC(F)(F)C(F)(F)C(F)(F)C(F)(F)C(F)CC(F)(F)F)OC(F)(F)C(F)(F)C(F)(F)C(F)(F)C(F)CC(F)(F)F. The molecule has 0 saturated carbocycles. The Morgan fingerprint density at radius 1 is 0.435 bits per heavy atom. The Hall–Kier alpha value is -3.00. The molecule has 272 valence electrons. The van der Waals surface area contributed by atoms with Crippen LogP contribution in [0.1, 0.15) is 12.8 Å². The molecule has 0 aromatic heterocycles. The van der Waals surface area contributed by atoms with E-state index in [1.54, 1.807) is 0 Å². The monoisotopic (exact) mass is 744 g/mol. The highest BCUT2D eigenvalue weighted by Crippen LogP contribution is 2.57. The van der Waals surface area contributed by atoms with Crippen molar-refractivity contribution in [2.24, 2.45) is 0 Å². The number of hydrogen-bond donors (Lipinski definition) is 0. The van der Waals surface area contributed by atoms with Crippen LogP contribution in [-0.2, 0) is 19.1 Å². The first kappa shape index (κ1) is 43.0. The van der Waals surface area contributed by atoms with Gasteiger partial charge in [0.05, 0.1) is 12.8 Å². The predicted molar refractivity (Wildman–Crippen MR) is 92.0 cm³/mol. The summed E-state index contributed by atoms with van der Waals surface area (Å²) in [6.07, 6.45) is -47.7. The van der Waals surface area contributed by atoms with Gasteiger partial charge in [0.2, 0.25) is 0 Å². The van der Waals surface area contributed by atoms with E-state index in [2.05, 4.69) is 9.47 Å². The third-order valence-electron chi connectivity index (χ3n) is 4.78. The molecule has 0 heterocycles. The number of carbonyl (C=O) groups excluding carboxylic acids is 2. The van der Waals surface area contributed by atoms with Gasteiger partial charge in [0.25, 0.3) is 0 Å². The first-order valence-electron chi connectivity index (χ1n) is 10.3. The van der Waals surface area contributed by atoms with Gasteiger partial charge in [-0.2, -0.15) is 96.6 Å². The summed E-state index contributed by atoms with van der Waals surface area (Å²) in [6.45, 7) is 0. The Balaban J connectivity index is 6.00. The topological polar surface area (TPSA) is 52.6 Å². The van der Waals surface area contributed by atoms with Crippen molar-refractivity contribution in [1.29, 1.82) is 0 Å². The summed E-state index contributed by atoms with van der Waals surface area (Å²) in [5.41, 5.74) is 0. The minimum Gasteiger partial charge on any atom is -0.393 e. The van der Waals surface area contributed by atoms with Crippen LogP contribution in [0.4, 0.5) is 105 Å². The van der Waals surface area contributed by atoms with E-state index in [-0.39, 0.29) is 0 Å². The van der Waals surface area contributed by atoms with Crippen molar-refractivity contribution in [2.75, 3.05) is 0 Å². The number of rotatable bonds is 14. The first-order valence-corrected chi connectivity index (χ1v) is 10.3. The van der Waals surface area contributed by atoms with Gasteiger partial charge in [0, 0.05) is 12.2 Å². The van der Waals surface area contributed by atoms with Crippen LogP contribution in [-0.4, -0.2) is 84.4 Å². The number of hydrogen-bond acceptors (Lipinski definition) is 4. The van der Waals surface area contributed by atoms with Crippen LogP contribution in [0.3, 0.4) is 0 Å². The molecule has 0 fully saturated rings. The van der Waals surface area contributed by atoms with E-state index in [1.807, 2.05) is 0 Å². The number of carbonyl (C=O) groups is 2. The van der Waals surface area contributed by atoms with Crippen LogP contribution in [0.15, 0.2) is 12.2 Å². The van der Waals surface area contributed by atoms with Crippen molar-refractivity contribution >= 4 is 11.9 Å². The Labute approximate surface area is 235 Å². The Morgan fingerprint density at radius 3 is 0.848 bits per heavy atom. The molecule has 0 spiro atoms. The molecule has 28 heteroatoms. The molecular weight excluding hydrogens is 736 g/mol. The summed E-state index contributed by atoms with van der Waals surface area (Å²) in [5.74, 6) is -53.2. The van der Waals surface area contributed by atoms with Gasteiger partial charge in [-0.05, 0) is 0 Å². The van der Waals surface area contributed by atoms with Crippen molar-refractivity contribution in [1.82, 2.24) is 0 Å².